The van der Waals surface area contributed by atoms with Crippen LogP contribution in [0.3, 0.4) is 0 Å². The molecule has 1 rings (SSSR count). The molecule has 0 bridgehead atoms. The summed E-state index contributed by atoms with van der Waals surface area (Å²) in [5.74, 6) is 0.650. The number of benzene rings is 1. The fraction of sp³-hybridized carbons (Fsp3) is 0.500. The summed E-state index contributed by atoms with van der Waals surface area (Å²) in [5.41, 5.74) is 1.39. The van der Waals surface area contributed by atoms with E-state index in [0.717, 1.165) is 18.1 Å². The van der Waals surface area contributed by atoms with Crippen molar-refractivity contribution in [3.8, 4) is 0 Å². The van der Waals surface area contributed by atoms with Crippen LogP contribution < -0.4 is 5.32 Å². The Bertz CT molecular complexity index is 293. The first-order chi connectivity index (χ1) is 7.06. The standard InChI is InChI=1S/C12H17Cl2N/c1-12(2,9-15-8-7-13)10-3-5-11(14)6-4-10/h3-6,15H,7-9H2,1-2H3. The molecule has 1 aromatic carbocycles. The Labute approximate surface area is 102 Å². The van der Waals surface area contributed by atoms with Crippen molar-refractivity contribution in [2.24, 2.45) is 0 Å². The summed E-state index contributed by atoms with van der Waals surface area (Å²) in [4.78, 5) is 0. The first-order valence-electron chi connectivity index (χ1n) is 5.09. The van der Waals surface area contributed by atoms with E-state index in [9.17, 15) is 0 Å². The van der Waals surface area contributed by atoms with Crippen molar-refractivity contribution in [3.63, 3.8) is 0 Å². The molecule has 0 saturated heterocycles. The van der Waals surface area contributed by atoms with Crippen LogP contribution in [0.2, 0.25) is 5.02 Å². The van der Waals surface area contributed by atoms with Crippen LogP contribution in [0, 0.1) is 0 Å². The molecule has 1 nitrogen and oxygen atoms in total. The van der Waals surface area contributed by atoms with Crippen molar-refractivity contribution in [2.75, 3.05) is 19.0 Å². The minimum atomic E-state index is 0.108. The molecule has 84 valence electrons. The van der Waals surface area contributed by atoms with Gasteiger partial charge in [-0.15, -0.1) is 11.6 Å². The van der Waals surface area contributed by atoms with Gasteiger partial charge >= 0.3 is 0 Å². The molecular weight excluding hydrogens is 229 g/mol. The Morgan fingerprint density at radius 2 is 1.80 bits per heavy atom. The summed E-state index contributed by atoms with van der Waals surface area (Å²) in [6.07, 6.45) is 0. The maximum Gasteiger partial charge on any atom is 0.0406 e. The molecule has 0 amide bonds. The van der Waals surface area contributed by atoms with Crippen LogP contribution in [-0.2, 0) is 5.41 Å². The van der Waals surface area contributed by atoms with E-state index >= 15 is 0 Å². The number of alkyl halides is 1. The number of halogens is 2. The van der Waals surface area contributed by atoms with E-state index in [4.69, 9.17) is 23.2 Å². The highest BCUT2D eigenvalue weighted by molar-refractivity contribution is 6.30. The zero-order valence-electron chi connectivity index (χ0n) is 9.19. The van der Waals surface area contributed by atoms with E-state index in [1.54, 1.807) is 0 Å². The van der Waals surface area contributed by atoms with E-state index in [-0.39, 0.29) is 5.41 Å². The Kier molecular flexibility index (Phi) is 4.91. The van der Waals surface area contributed by atoms with Gasteiger partial charge in [-0.25, -0.2) is 0 Å². The minimum Gasteiger partial charge on any atom is -0.315 e. The third-order valence-corrected chi connectivity index (χ3v) is 2.90. The van der Waals surface area contributed by atoms with Crippen LogP contribution in [0.25, 0.3) is 0 Å². The first-order valence-corrected chi connectivity index (χ1v) is 6.00. The van der Waals surface area contributed by atoms with Gasteiger partial charge in [0.25, 0.3) is 0 Å². The van der Waals surface area contributed by atoms with Gasteiger partial charge in [-0.1, -0.05) is 37.6 Å². The highest BCUT2D eigenvalue weighted by atomic mass is 35.5. The largest absolute Gasteiger partial charge is 0.315 e. The van der Waals surface area contributed by atoms with Gasteiger partial charge in [0, 0.05) is 29.4 Å². The van der Waals surface area contributed by atoms with Gasteiger partial charge in [-0.05, 0) is 17.7 Å². The summed E-state index contributed by atoms with van der Waals surface area (Å²) < 4.78 is 0. The van der Waals surface area contributed by atoms with Crippen molar-refractivity contribution < 1.29 is 0 Å². The van der Waals surface area contributed by atoms with Gasteiger partial charge in [-0.2, -0.15) is 0 Å². The third kappa shape index (κ3) is 4.02. The molecule has 0 spiro atoms. The van der Waals surface area contributed by atoms with Crippen molar-refractivity contribution in [1.29, 1.82) is 0 Å². The Hall–Kier alpha value is -0.240. The summed E-state index contributed by atoms with van der Waals surface area (Å²) in [6, 6.07) is 8.01. The molecule has 0 heterocycles. The molecule has 0 aliphatic heterocycles. The van der Waals surface area contributed by atoms with Gasteiger partial charge in [0.2, 0.25) is 0 Å². The molecular formula is C12H17Cl2N. The normalized spacial score (nSPS) is 11.7. The molecule has 0 atom stereocenters. The smallest absolute Gasteiger partial charge is 0.0406 e. The summed E-state index contributed by atoms with van der Waals surface area (Å²) >= 11 is 11.5. The fourth-order valence-corrected chi connectivity index (χ4v) is 1.73. The maximum atomic E-state index is 5.86. The second-order valence-electron chi connectivity index (χ2n) is 4.26. The highest BCUT2D eigenvalue weighted by Gasteiger charge is 2.19. The molecule has 1 aromatic rings. The van der Waals surface area contributed by atoms with Crippen molar-refractivity contribution in [3.05, 3.63) is 34.9 Å². The minimum absolute atomic E-state index is 0.108. The third-order valence-electron chi connectivity index (χ3n) is 2.46. The Balaban J connectivity index is 2.63. The maximum absolute atomic E-state index is 5.86. The zero-order chi connectivity index (χ0) is 11.3. The van der Waals surface area contributed by atoms with Gasteiger partial charge < -0.3 is 5.32 Å². The van der Waals surface area contributed by atoms with Crippen LogP contribution in [0.5, 0.6) is 0 Å². The van der Waals surface area contributed by atoms with Gasteiger partial charge in [0.15, 0.2) is 0 Å². The Morgan fingerprint density at radius 3 is 2.33 bits per heavy atom. The number of hydrogen-bond donors (Lipinski definition) is 1. The molecule has 0 fully saturated rings. The second kappa shape index (κ2) is 5.74. The number of hydrogen-bond acceptors (Lipinski definition) is 1. The molecule has 0 unspecified atom stereocenters. The Morgan fingerprint density at radius 1 is 1.20 bits per heavy atom. The molecule has 0 aliphatic carbocycles. The van der Waals surface area contributed by atoms with Crippen molar-refractivity contribution in [1.82, 2.24) is 5.32 Å². The van der Waals surface area contributed by atoms with Crippen LogP contribution in [0.15, 0.2) is 24.3 Å². The number of nitrogens with one attached hydrogen (secondary N) is 1. The van der Waals surface area contributed by atoms with Crippen molar-refractivity contribution in [2.45, 2.75) is 19.3 Å². The number of rotatable bonds is 5. The molecule has 0 aromatic heterocycles. The van der Waals surface area contributed by atoms with Crippen LogP contribution >= 0.6 is 23.2 Å². The molecule has 1 N–H and O–H groups in total. The summed E-state index contributed by atoms with van der Waals surface area (Å²) in [7, 11) is 0. The second-order valence-corrected chi connectivity index (χ2v) is 5.07. The van der Waals surface area contributed by atoms with Crippen LogP contribution in [0.4, 0.5) is 0 Å². The van der Waals surface area contributed by atoms with Crippen LogP contribution in [0.1, 0.15) is 19.4 Å². The lowest BCUT2D eigenvalue weighted by molar-refractivity contribution is 0.478. The highest BCUT2D eigenvalue weighted by Crippen LogP contribution is 2.23. The summed E-state index contributed by atoms with van der Waals surface area (Å²) in [6.45, 7) is 6.18. The molecule has 0 saturated carbocycles. The lowest BCUT2D eigenvalue weighted by atomic mass is 9.85. The zero-order valence-corrected chi connectivity index (χ0v) is 10.7. The van der Waals surface area contributed by atoms with E-state index in [0.29, 0.717) is 5.88 Å². The van der Waals surface area contributed by atoms with E-state index < -0.39 is 0 Å². The predicted octanol–water partition coefficient (Wildman–Crippen LogP) is 3.45. The van der Waals surface area contributed by atoms with E-state index in [1.165, 1.54) is 5.56 Å². The van der Waals surface area contributed by atoms with Crippen LogP contribution in [-0.4, -0.2) is 19.0 Å². The molecule has 0 aliphatic rings. The van der Waals surface area contributed by atoms with Gasteiger partial charge in [-0.3, -0.25) is 0 Å². The fourth-order valence-electron chi connectivity index (χ4n) is 1.47. The van der Waals surface area contributed by atoms with Gasteiger partial charge in [0.05, 0.1) is 0 Å². The molecule has 0 radical (unpaired) electrons. The van der Waals surface area contributed by atoms with Gasteiger partial charge in [0.1, 0.15) is 0 Å². The predicted molar refractivity (Wildman–Crippen MR) is 68.1 cm³/mol. The summed E-state index contributed by atoms with van der Waals surface area (Å²) in [5, 5.41) is 4.10. The van der Waals surface area contributed by atoms with E-state index in [1.807, 2.05) is 12.1 Å². The average Bonchev–Trinajstić information content (AvgIpc) is 2.18. The first kappa shape index (κ1) is 12.8. The lowest BCUT2D eigenvalue weighted by Gasteiger charge is -2.25. The lowest BCUT2D eigenvalue weighted by Crippen LogP contribution is -2.33. The van der Waals surface area contributed by atoms with Crippen molar-refractivity contribution >= 4 is 23.2 Å². The monoisotopic (exact) mass is 245 g/mol. The topological polar surface area (TPSA) is 12.0 Å². The SMILES string of the molecule is CC(C)(CNCCCl)c1ccc(Cl)cc1. The molecule has 15 heavy (non-hydrogen) atoms. The average molecular weight is 246 g/mol. The quantitative estimate of drug-likeness (QED) is 0.619. The molecule has 3 heteroatoms. The van der Waals surface area contributed by atoms with E-state index in [2.05, 4.69) is 31.3 Å².